The van der Waals surface area contributed by atoms with Crippen LogP contribution in [0.25, 0.3) is 0 Å². The van der Waals surface area contributed by atoms with Gasteiger partial charge in [0.15, 0.2) is 0 Å². The summed E-state index contributed by atoms with van der Waals surface area (Å²) in [6.45, 7) is 9.63. The topological polar surface area (TPSA) is 0 Å². The summed E-state index contributed by atoms with van der Waals surface area (Å²) in [4.78, 5) is 0. The van der Waals surface area contributed by atoms with E-state index in [1.807, 2.05) is 6.08 Å². The molecule has 1 aliphatic carbocycles. The van der Waals surface area contributed by atoms with Crippen molar-refractivity contribution >= 4 is 0 Å². The highest BCUT2D eigenvalue weighted by atomic mass is 14.4. The van der Waals surface area contributed by atoms with Gasteiger partial charge in [0, 0.05) is 0 Å². The van der Waals surface area contributed by atoms with Gasteiger partial charge in [0.05, 0.1) is 0 Å². The monoisotopic (exact) mass is 134 g/mol. The van der Waals surface area contributed by atoms with Crippen LogP contribution in [-0.4, -0.2) is 0 Å². The van der Waals surface area contributed by atoms with Crippen LogP contribution < -0.4 is 0 Å². The quantitative estimate of drug-likeness (QED) is 0.411. The molecule has 0 saturated heterocycles. The Kier molecular flexibility index (Phi) is 2.13. The fraction of sp³-hybridized carbons (Fsp3) is 0.500. The molecule has 0 spiro atoms. The van der Waals surface area contributed by atoms with Crippen molar-refractivity contribution in [2.75, 3.05) is 0 Å². The van der Waals surface area contributed by atoms with Crippen molar-refractivity contribution in [2.24, 2.45) is 11.8 Å². The Bertz CT molecular complexity index is 182. The summed E-state index contributed by atoms with van der Waals surface area (Å²) >= 11 is 0. The van der Waals surface area contributed by atoms with Gasteiger partial charge in [0.1, 0.15) is 0 Å². The molecule has 0 aromatic carbocycles. The third-order valence-electron chi connectivity index (χ3n) is 2.15. The second kappa shape index (κ2) is 2.90. The minimum atomic E-state index is 0.774. The average molecular weight is 134 g/mol. The van der Waals surface area contributed by atoms with E-state index in [9.17, 15) is 0 Å². The summed E-state index contributed by atoms with van der Waals surface area (Å²) in [5.74, 6) is 1.64. The van der Waals surface area contributed by atoms with E-state index in [4.69, 9.17) is 0 Å². The van der Waals surface area contributed by atoms with Crippen LogP contribution in [0.4, 0.5) is 0 Å². The lowest BCUT2D eigenvalue weighted by atomic mass is 10.1. The molecule has 1 aliphatic rings. The molecule has 0 nitrogen and oxygen atoms in total. The summed E-state index contributed by atoms with van der Waals surface area (Å²) in [5, 5.41) is 0. The van der Waals surface area contributed by atoms with Crippen LogP contribution in [0.5, 0.6) is 0 Å². The number of hydrogen-bond donors (Lipinski definition) is 0. The van der Waals surface area contributed by atoms with Gasteiger partial charge in [0.2, 0.25) is 0 Å². The van der Waals surface area contributed by atoms with Gasteiger partial charge in [-0.3, -0.25) is 0 Å². The molecule has 0 heteroatoms. The molecule has 0 unspecified atom stereocenters. The third-order valence-corrected chi connectivity index (χ3v) is 2.15. The largest absolute Gasteiger partial charge is 0.129 e. The van der Waals surface area contributed by atoms with Gasteiger partial charge in [-0.05, 0) is 30.3 Å². The van der Waals surface area contributed by atoms with Crippen LogP contribution in [0.15, 0.2) is 30.5 Å². The van der Waals surface area contributed by atoms with Crippen LogP contribution in [0.3, 0.4) is 0 Å². The molecule has 0 bridgehead atoms. The first-order chi connectivity index (χ1) is 4.79. The predicted octanol–water partition coefficient (Wildman–Crippen LogP) is 2.93. The molecule has 0 aromatic rings. The first-order valence-electron chi connectivity index (χ1n) is 3.79. The minimum Gasteiger partial charge on any atom is -0.129 e. The molecule has 10 heavy (non-hydrogen) atoms. The van der Waals surface area contributed by atoms with Crippen LogP contribution in [-0.2, 0) is 0 Å². The average Bonchev–Trinajstić information content (AvgIpc) is 2.62. The van der Waals surface area contributed by atoms with Gasteiger partial charge in [-0.2, -0.15) is 0 Å². The molecule has 0 amide bonds. The van der Waals surface area contributed by atoms with Gasteiger partial charge in [-0.25, -0.2) is 0 Å². The van der Waals surface area contributed by atoms with Crippen molar-refractivity contribution in [3.8, 4) is 0 Å². The Balaban J connectivity index is 2.51. The summed E-state index contributed by atoms with van der Waals surface area (Å²) in [6.07, 6.45) is 4.22. The van der Waals surface area contributed by atoms with Gasteiger partial charge in [0.25, 0.3) is 0 Å². The smallest absolute Gasteiger partial charge is 0.00625 e. The molecule has 0 radical (unpaired) electrons. The van der Waals surface area contributed by atoms with E-state index in [-0.39, 0.29) is 0 Å². The zero-order valence-electron chi connectivity index (χ0n) is 6.56. The Hall–Kier alpha value is -0.740. The normalized spacial score (nSPS) is 28.9. The fourth-order valence-corrected chi connectivity index (χ4v) is 1.32. The molecule has 1 rings (SSSR count). The number of hydrogen-bond acceptors (Lipinski definition) is 0. The molecule has 0 heterocycles. The van der Waals surface area contributed by atoms with Crippen molar-refractivity contribution in [2.45, 2.75) is 19.8 Å². The second-order valence-corrected chi connectivity index (χ2v) is 3.01. The lowest BCUT2D eigenvalue weighted by molar-refractivity contribution is 0.837. The van der Waals surface area contributed by atoms with E-state index in [0.717, 1.165) is 18.3 Å². The number of rotatable bonds is 3. The molecule has 0 aromatic heterocycles. The number of allylic oxidation sites excluding steroid dienone is 2. The van der Waals surface area contributed by atoms with E-state index in [1.165, 1.54) is 12.0 Å². The predicted molar refractivity (Wildman–Crippen MR) is 44.7 cm³/mol. The van der Waals surface area contributed by atoms with E-state index < -0.39 is 0 Å². The second-order valence-electron chi connectivity index (χ2n) is 3.01. The highest BCUT2D eigenvalue weighted by Gasteiger charge is 2.34. The maximum Gasteiger partial charge on any atom is -0.00625 e. The highest BCUT2D eigenvalue weighted by molar-refractivity contribution is 5.15. The Morgan fingerprint density at radius 3 is 2.70 bits per heavy atom. The van der Waals surface area contributed by atoms with Crippen LogP contribution in [0.2, 0.25) is 0 Å². The zero-order valence-corrected chi connectivity index (χ0v) is 6.56. The van der Waals surface area contributed by atoms with Gasteiger partial charge >= 0.3 is 0 Å². The van der Waals surface area contributed by atoms with Gasteiger partial charge < -0.3 is 0 Å². The Morgan fingerprint density at radius 1 is 1.80 bits per heavy atom. The SMILES string of the molecule is C=C=C(CC=C)[C@@H]1C[C@H]1C. The minimum absolute atomic E-state index is 0.774. The molecule has 0 N–H and O–H groups in total. The molecular formula is C10H14. The van der Waals surface area contributed by atoms with Crippen molar-refractivity contribution in [3.63, 3.8) is 0 Å². The van der Waals surface area contributed by atoms with Crippen LogP contribution in [0.1, 0.15) is 19.8 Å². The summed E-state index contributed by atoms with van der Waals surface area (Å²) < 4.78 is 0. The lowest BCUT2D eigenvalue weighted by Crippen LogP contribution is -1.83. The zero-order chi connectivity index (χ0) is 7.56. The molecule has 0 aliphatic heterocycles. The first kappa shape index (κ1) is 7.37. The van der Waals surface area contributed by atoms with Crippen LogP contribution >= 0.6 is 0 Å². The molecule has 1 fully saturated rings. The molecule has 54 valence electrons. The molecule has 2 atom stereocenters. The maximum atomic E-state index is 3.70. The van der Waals surface area contributed by atoms with Crippen molar-refractivity contribution in [3.05, 3.63) is 30.5 Å². The van der Waals surface area contributed by atoms with Crippen molar-refractivity contribution in [1.29, 1.82) is 0 Å². The van der Waals surface area contributed by atoms with Gasteiger partial charge in [-0.1, -0.05) is 19.6 Å². The van der Waals surface area contributed by atoms with E-state index >= 15 is 0 Å². The van der Waals surface area contributed by atoms with Crippen LogP contribution in [0, 0.1) is 11.8 Å². The van der Waals surface area contributed by atoms with E-state index in [2.05, 4.69) is 25.8 Å². The third kappa shape index (κ3) is 1.40. The fourth-order valence-electron chi connectivity index (χ4n) is 1.32. The summed E-state index contributed by atoms with van der Waals surface area (Å²) in [6, 6.07) is 0. The highest BCUT2D eigenvalue weighted by Crippen LogP contribution is 2.44. The first-order valence-corrected chi connectivity index (χ1v) is 3.79. The standard InChI is InChI=1S/C10H14/c1-4-6-9(5-2)10-7-8(10)3/h4,8,10H,1-2,6-7H2,3H3/t8-,10-/m1/s1. The van der Waals surface area contributed by atoms with Crippen molar-refractivity contribution in [1.82, 2.24) is 0 Å². The lowest BCUT2D eigenvalue weighted by Gasteiger charge is -1.96. The Labute approximate surface area is 62.9 Å². The van der Waals surface area contributed by atoms with E-state index in [1.54, 1.807) is 0 Å². The summed E-state index contributed by atoms with van der Waals surface area (Å²) in [7, 11) is 0. The van der Waals surface area contributed by atoms with Gasteiger partial charge in [-0.15, -0.1) is 12.3 Å². The Morgan fingerprint density at radius 2 is 2.40 bits per heavy atom. The maximum absolute atomic E-state index is 3.70. The molecule has 1 saturated carbocycles. The van der Waals surface area contributed by atoms with E-state index in [0.29, 0.717) is 0 Å². The molecular weight excluding hydrogens is 120 g/mol. The summed E-state index contributed by atoms with van der Waals surface area (Å²) in [5.41, 5.74) is 4.34. The van der Waals surface area contributed by atoms with Crippen molar-refractivity contribution < 1.29 is 0 Å².